The van der Waals surface area contributed by atoms with Crippen LogP contribution in [0.3, 0.4) is 0 Å². The third-order valence-corrected chi connectivity index (χ3v) is 4.31. The number of primary sulfonamides is 1. The molecule has 9 heteroatoms. The van der Waals surface area contributed by atoms with Crippen molar-refractivity contribution in [2.45, 2.75) is 18.4 Å². The third-order valence-electron chi connectivity index (χ3n) is 3.40. The van der Waals surface area contributed by atoms with E-state index in [-0.39, 0.29) is 17.3 Å². The monoisotopic (exact) mass is 376 g/mol. The first-order valence-electron chi connectivity index (χ1n) is 7.84. The predicted octanol–water partition coefficient (Wildman–Crippen LogP) is 1.41. The highest BCUT2D eigenvalue weighted by Crippen LogP contribution is 2.14. The van der Waals surface area contributed by atoms with Gasteiger partial charge in [0.1, 0.15) is 0 Å². The molecule has 0 unspecified atom stereocenters. The van der Waals surface area contributed by atoms with Gasteiger partial charge in [0.25, 0.3) is 5.91 Å². The smallest absolute Gasteiger partial charge is 0.319 e. The normalized spacial score (nSPS) is 10.8. The average molecular weight is 376 g/mol. The van der Waals surface area contributed by atoms with Crippen molar-refractivity contribution in [2.75, 3.05) is 11.9 Å². The molecular formula is C17H20N4O4S. The molecule has 0 spiro atoms. The van der Waals surface area contributed by atoms with Crippen LogP contribution in [-0.2, 0) is 16.6 Å². The van der Waals surface area contributed by atoms with Gasteiger partial charge in [-0.3, -0.25) is 4.79 Å². The number of sulfonamides is 1. The van der Waals surface area contributed by atoms with Crippen LogP contribution in [0.4, 0.5) is 10.5 Å². The molecule has 0 radical (unpaired) electrons. The number of benzene rings is 2. The summed E-state index contributed by atoms with van der Waals surface area (Å²) < 4.78 is 22.7. The molecule has 0 saturated heterocycles. The molecular weight excluding hydrogens is 356 g/mol. The molecule has 8 nitrogen and oxygen atoms in total. The number of hydrogen-bond donors (Lipinski definition) is 4. The second-order valence-corrected chi connectivity index (χ2v) is 7.00. The Bertz CT molecular complexity index is 912. The number of nitrogens with two attached hydrogens (primary N) is 1. The molecule has 26 heavy (non-hydrogen) atoms. The minimum Gasteiger partial charge on any atom is -0.352 e. The van der Waals surface area contributed by atoms with Crippen LogP contribution in [0.2, 0.25) is 0 Å². The Kier molecular flexibility index (Phi) is 6.31. The first-order valence-corrected chi connectivity index (χ1v) is 9.39. The number of carbonyl (C=O) groups is 2. The molecule has 138 valence electrons. The molecule has 0 saturated carbocycles. The van der Waals surface area contributed by atoms with Crippen molar-refractivity contribution in [1.82, 2.24) is 10.6 Å². The maximum atomic E-state index is 12.0. The highest BCUT2D eigenvalue weighted by molar-refractivity contribution is 7.89. The van der Waals surface area contributed by atoms with Gasteiger partial charge in [-0.25, -0.2) is 18.4 Å². The van der Waals surface area contributed by atoms with Gasteiger partial charge in [-0.1, -0.05) is 18.2 Å². The van der Waals surface area contributed by atoms with Crippen molar-refractivity contribution in [3.63, 3.8) is 0 Å². The van der Waals surface area contributed by atoms with Crippen LogP contribution < -0.4 is 21.1 Å². The van der Waals surface area contributed by atoms with Crippen LogP contribution in [0.25, 0.3) is 0 Å². The summed E-state index contributed by atoms with van der Waals surface area (Å²) in [6.07, 6.45) is 0. The Morgan fingerprint density at radius 3 is 2.46 bits per heavy atom. The first kappa shape index (κ1) is 19.4. The van der Waals surface area contributed by atoms with E-state index < -0.39 is 16.1 Å². The van der Waals surface area contributed by atoms with Crippen molar-refractivity contribution in [3.8, 4) is 0 Å². The van der Waals surface area contributed by atoms with Gasteiger partial charge in [0.05, 0.1) is 4.90 Å². The summed E-state index contributed by atoms with van der Waals surface area (Å²) >= 11 is 0. The summed E-state index contributed by atoms with van der Waals surface area (Å²) in [6.45, 7) is 2.56. The van der Waals surface area contributed by atoms with Gasteiger partial charge in [0.15, 0.2) is 0 Å². The number of urea groups is 1. The molecule has 2 aromatic rings. The van der Waals surface area contributed by atoms with E-state index in [2.05, 4.69) is 16.0 Å². The molecule has 0 heterocycles. The SMILES string of the molecule is CCNC(=O)c1cccc(CNC(=O)Nc2cccc(S(N)(=O)=O)c2)c1. The van der Waals surface area contributed by atoms with Gasteiger partial charge in [-0.05, 0) is 42.8 Å². The quantitative estimate of drug-likeness (QED) is 0.607. The first-order chi connectivity index (χ1) is 12.3. The van der Waals surface area contributed by atoms with E-state index in [1.165, 1.54) is 18.2 Å². The molecule has 0 aromatic heterocycles. The fourth-order valence-corrected chi connectivity index (χ4v) is 2.75. The van der Waals surface area contributed by atoms with E-state index in [1.807, 2.05) is 6.92 Å². The van der Waals surface area contributed by atoms with Crippen molar-refractivity contribution in [1.29, 1.82) is 0 Å². The fourth-order valence-electron chi connectivity index (χ4n) is 2.19. The summed E-state index contributed by atoms with van der Waals surface area (Å²) in [6, 6.07) is 12.0. The summed E-state index contributed by atoms with van der Waals surface area (Å²) in [5.41, 5.74) is 1.56. The number of rotatable bonds is 6. The second kappa shape index (κ2) is 8.45. The Morgan fingerprint density at radius 2 is 1.77 bits per heavy atom. The fraction of sp³-hybridized carbons (Fsp3) is 0.176. The maximum Gasteiger partial charge on any atom is 0.319 e. The van der Waals surface area contributed by atoms with Crippen LogP contribution in [0.15, 0.2) is 53.4 Å². The number of nitrogens with one attached hydrogen (secondary N) is 3. The Balaban J connectivity index is 1.97. The van der Waals surface area contributed by atoms with Crippen LogP contribution in [0.5, 0.6) is 0 Å². The van der Waals surface area contributed by atoms with E-state index in [4.69, 9.17) is 5.14 Å². The Morgan fingerprint density at radius 1 is 1.04 bits per heavy atom. The summed E-state index contributed by atoms with van der Waals surface area (Å²) in [7, 11) is -3.84. The zero-order valence-corrected chi connectivity index (χ0v) is 15.0. The zero-order chi connectivity index (χ0) is 19.2. The van der Waals surface area contributed by atoms with Gasteiger partial charge in [0, 0.05) is 24.3 Å². The molecule has 3 amide bonds. The van der Waals surface area contributed by atoms with E-state index in [1.54, 1.807) is 30.3 Å². The summed E-state index contributed by atoms with van der Waals surface area (Å²) in [5.74, 6) is -0.182. The van der Waals surface area contributed by atoms with E-state index >= 15 is 0 Å². The predicted molar refractivity (Wildman–Crippen MR) is 98.1 cm³/mol. The molecule has 0 aliphatic carbocycles. The van der Waals surface area contributed by atoms with Gasteiger partial charge in [-0.15, -0.1) is 0 Å². The standard InChI is InChI=1S/C17H20N4O4S/c1-2-19-16(22)13-6-3-5-12(9-13)11-20-17(23)21-14-7-4-8-15(10-14)26(18,24)25/h3-10H,2,11H2,1H3,(H,19,22)(H2,18,24,25)(H2,20,21,23). The van der Waals surface area contributed by atoms with Crippen LogP contribution in [-0.4, -0.2) is 26.9 Å². The number of anilines is 1. The molecule has 0 aliphatic heterocycles. The molecule has 0 fully saturated rings. The lowest BCUT2D eigenvalue weighted by molar-refractivity contribution is 0.0955. The number of hydrogen-bond acceptors (Lipinski definition) is 4. The van der Waals surface area contributed by atoms with Gasteiger partial charge in [-0.2, -0.15) is 0 Å². The largest absolute Gasteiger partial charge is 0.352 e. The van der Waals surface area contributed by atoms with E-state index in [9.17, 15) is 18.0 Å². The summed E-state index contributed by atoms with van der Waals surface area (Å²) in [4.78, 5) is 23.7. The molecule has 5 N–H and O–H groups in total. The van der Waals surface area contributed by atoms with Crippen molar-refractivity contribution >= 4 is 27.6 Å². The van der Waals surface area contributed by atoms with Crippen molar-refractivity contribution < 1.29 is 18.0 Å². The molecule has 0 atom stereocenters. The van der Waals surface area contributed by atoms with Crippen molar-refractivity contribution in [2.24, 2.45) is 5.14 Å². The summed E-state index contributed by atoms with van der Waals surface area (Å²) in [5, 5.41) is 12.9. The lowest BCUT2D eigenvalue weighted by Crippen LogP contribution is -2.28. The second-order valence-electron chi connectivity index (χ2n) is 5.44. The highest BCUT2D eigenvalue weighted by atomic mass is 32.2. The average Bonchev–Trinajstić information content (AvgIpc) is 2.60. The lowest BCUT2D eigenvalue weighted by Gasteiger charge is -2.09. The van der Waals surface area contributed by atoms with Gasteiger partial charge < -0.3 is 16.0 Å². The van der Waals surface area contributed by atoms with Crippen LogP contribution >= 0.6 is 0 Å². The van der Waals surface area contributed by atoms with Gasteiger partial charge >= 0.3 is 6.03 Å². The van der Waals surface area contributed by atoms with Crippen molar-refractivity contribution in [3.05, 3.63) is 59.7 Å². The number of carbonyl (C=O) groups excluding carboxylic acids is 2. The maximum absolute atomic E-state index is 12.0. The number of amides is 3. The molecule has 2 rings (SSSR count). The van der Waals surface area contributed by atoms with E-state index in [0.29, 0.717) is 17.8 Å². The highest BCUT2D eigenvalue weighted by Gasteiger charge is 2.10. The third kappa shape index (κ3) is 5.57. The molecule has 0 bridgehead atoms. The molecule has 2 aromatic carbocycles. The Labute approximate surface area is 151 Å². The van der Waals surface area contributed by atoms with Gasteiger partial charge in [0.2, 0.25) is 10.0 Å². The minimum atomic E-state index is -3.84. The minimum absolute atomic E-state index is 0.0927. The van der Waals surface area contributed by atoms with E-state index in [0.717, 1.165) is 5.56 Å². The zero-order valence-electron chi connectivity index (χ0n) is 14.2. The van der Waals surface area contributed by atoms with Crippen LogP contribution in [0, 0.1) is 0 Å². The Hall–Kier alpha value is -2.91. The lowest BCUT2D eigenvalue weighted by atomic mass is 10.1. The topological polar surface area (TPSA) is 130 Å². The molecule has 0 aliphatic rings. The van der Waals surface area contributed by atoms with Crippen LogP contribution in [0.1, 0.15) is 22.8 Å².